The second-order valence-corrected chi connectivity index (χ2v) is 6.28. The van der Waals surface area contributed by atoms with Crippen LogP contribution in [0.25, 0.3) is 0 Å². The Bertz CT molecular complexity index is 686. The van der Waals surface area contributed by atoms with Crippen molar-refractivity contribution in [3.63, 3.8) is 0 Å². The number of anilines is 2. The van der Waals surface area contributed by atoms with Gasteiger partial charge >= 0.3 is 6.03 Å². The van der Waals surface area contributed by atoms with Crippen LogP contribution in [0, 0.1) is 0 Å². The van der Waals surface area contributed by atoms with Gasteiger partial charge in [-0.3, -0.25) is 0 Å². The average molecular weight is 318 g/mol. The van der Waals surface area contributed by atoms with Crippen LogP contribution in [0.1, 0.15) is 17.0 Å². The number of para-hydroxylation sites is 2. The molecule has 116 valence electrons. The van der Waals surface area contributed by atoms with Crippen molar-refractivity contribution in [1.29, 1.82) is 0 Å². The van der Waals surface area contributed by atoms with Crippen molar-refractivity contribution < 1.29 is 9.53 Å². The molecule has 0 spiro atoms. The molecule has 1 aliphatic rings. The predicted molar refractivity (Wildman–Crippen MR) is 87.5 cm³/mol. The van der Waals surface area contributed by atoms with E-state index >= 15 is 0 Å². The summed E-state index contributed by atoms with van der Waals surface area (Å²) in [7, 11) is 1.58. The van der Waals surface area contributed by atoms with Crippen molar-refractivity contribution in [3.8, 4) is 5.75 Å². The quantitative estimate of drug-likeness (QED) is 0.811. The smallest absolute Gasteiger partial charge is 0.319 e. The number of aryl methyl sites for hydroxylation is 1. The molecule has 0 radical (unpaired) electrons. The first kappa shape index (κ1) is 14.6. The van der Waals surface area contributed by atoms with Gasteiger partial charge < -0.3 is 21.1 Å². The zero-order chi connectivity index (χ0) is 15.5. The molecular formula is C15H18N4O2S. The summed E-state index contributed by atoms with van der Waals surface area (Å²) < 4.78 is 5.22. The summed E-state index contributed by atoms with van der Waals surface area (Å²) in [5.74, 6) is 0.638. The molecule has 0 fully saturated rings. The van der Waals surface area contributed by atoms with E-state index in [-0.39, 0.29) is 12.1 Å². The van der Waals surface area contributed by atoms with E-state index in [2.05, 4.69) is 15.6 Å². The number of aromatic nitrogens is 1. The summed E-state index contributed by atoms with van der Waals surface area (Å²) in [5.41, 5.74) is 7.46. The highest BCUT2D eigenvalue weighted by atomic mass is 32.1. The summed E-state index contributed by atoms with van der Waals surface area (Å²) in [6.45, 7) is 0. The highest BCUT2D eigenvalue weighted by Gasteiger charge is 2.23. The maximum Gasteiger partial charge on any atom is 0.319 e. The second kappa shape index (κ2) is 6.23. The number of nitrogens with one attached hydrogen (secondary N) is 2. The van der Waals surface area contributed by atoms with Gasteiger partial charge in [-0.1, -0.05) is 12.1 Å². The molecule has 1 atom stereocenters. The lowest BCUT2D eigenvalue weighted by atomic mass is 9.98. The van der Waals surface area contributed by atoms with E-state index in [4.69, 9.17) is 10.5 Å². The van der Waals surface area contributed by atoms with Crippen LogP contribution in [0.15, 0.2) is 24.3 Å². The third-order valence-corrected chi connectivity index (χ3v) is 4.60. The fraction of sp³-hybridized carbons (Fsp3) is 0.333. The van der Waals surface area contributed by atoms with Crippen molar-refractivity contribution >= 4 is 28.2 Å². The molecule has 0 aliphatic heterocycles. The molecule has 1 heterocycles. The highest BCUT2D eigenvalue weighted by Crippen LogP contribution is 2.28. The minimum atomic E-state index is -0.226. The van der Waals surface area contributed by atoms with Crippen LogP contribution in [-0.2, 0) is 12.8 Å². The van der Waals surface area contributed by atoms with E-state index in [1.54, 1.807) is 13.2 Å². The normalized spacial score (nSPS) is 16.7. The van der Waals surface area contributed by atoms with E-state index in [0.29, 0.717) is 16.6 Å². The van der Waals surface area contributed by atoms with Gasteiger partial charge in [0.25, 0.3) is 0 Å². The van der Waals surface area contributed by atoms with Crippen molar-refractivity contribution in [2.24, 2.45) is 0 Å². The Morgan fingerprint density at radius 3 is 3.09 bits per heavy atom. The van der Waals surface area contributed by atoms with Crippen LogP contribution >= 0.6 is 11.3 Å². The molecule has 3 rings (SSSR count). The molecule has 0 saturated heterocycles. The molecule has 4 N–H and O–H groups in total. The molecule has 2 amide bonds. The summed E-state index contributed by atoms with van der Waals surface area (Å²) in [4.78, 5) is 17.6. The van der Waals surface area contributed by atoms with Gasteiger partial charge in [-0.2, -0.15) is 0 Å². The van der Waals surface area contributed by atoms with Gasteiger partial charge in [-0.05, 0) is 25.0 Å². The molecule has 0 bridgehead atoms. The van der Waals surface area contributed by atoms with Crippen LogP contribution < -0.4 is 21.1 Å². The number of carbonyl (C=O) groups is 1. The summed E-state index contributed by atoms with van der Waals surface area (Å²) in [6.07, 6.45) is 2.50. The second-order valence-electron chi connectivity index (χ2n) is 5.16. The van der Waals surface area contributed by atoms with Crippen molar-refractivity contribution in [2.75, 3.05) is 18.2 Å². The first-order chi connectivity index (χ1) is 10.7. The third-order valence-electron chi connectivity index (χ3n) is 3.65. The molecule has 0 saturated carbocycles. The predicted octanol–water partition coefficient (Wildman–Crippen LogP) is 2.41. The topological polar surface area (TPSA) is 89.3 Å². The van der Waals surface area contributed by atoms with Gasteiger partial charge in [0.05, 0.1) is 18.5 Å². The Labute approximate surface area is 132 Å². The largest absolute Gasteiger partial charge is 0.495 e. The van der Waals surface area contributed by atoms with Gasteiger partial charge in [0.15, 0.2) is 5.13 Å². The molecule has 6 nitrogen and oxygen atoms in total. The number of hydrogen-bond acceptors (Lipinski definition) is 5. The van der Waals surface area contributed by atoms with E-state index in [1.807, 2.05) is 18.2 Å². The summed E-state index contributed by atoms with van der Waals surface area (Å²) in [5, 5.41) is 6.43. The highest BCUT2D eigenvalue weighted by molar-refractivity contribution is 7.15. The average Bonchev–Trinajstić information content (AvgIpc) is 2.87. The lowest BCUT2D eigenvalue weighted by molar-refractivity contribution is 0.247. The van der Waals surface area contributed by atoms with Gasteiger partial charge in [-0.25, -0.2) is 9.78 Å². The lowest BCUT2D eigenvalue weighted by Crippen LogP contribution is -2.41. The van der Waals surface area contributed by atoms with Crippen molar-refractivity contribution in [3.05, 3.63) is 34.8 Å². The summed E-state index contributed by atoms with van der Waals surface area (Å²) >= 11 is 1.51. The minimum absolute atomic E-state index is 0.0991. The Morgan fingerprint density at radius 1 is 1.45 bits per heavy atom. The fourth-order valence-electron chi connectivity index (χ4n) is 2.61. The Kier molecular flexibility index (Phi) is 4.15. The number of benzene rings is 1. The number of rotatable bonds is 3. The van der Waals surface area contributed by atoms with E-state index in [1.165, 1.54) is 16.2 Å². The Hall–Kier alpha value is -2.28. The number of amides is 2. The zero-order valence-corrected chi connectivity index (χ0v) is 13.1. The number of ether oxygens (including phenoxy) is 1. The minimum Gasteiger partial charge on any atom is -0.495 e. The van der Waals surface area contributed by atoms with Gasteiger partial charge in [0, 0.05) is 17.3 Å². The lowest BCUT2D eigenvalue weighted by Gasteiger charge is -2.22. The maximum absolute atomic E-state index is 12.2. The Morgan fingerprint density at radius 2 is 2.27 bits per heavy atom. The number of nitrogens with two attached hydrogens (primary N) is 1. The van der Waals surface area contributed by atoms with Crippen molar-refractivity contribution in [2.45, 2.75) is 25.3 Å². The first-order valence-corrected chi connectivity index (χ1v) is 7.92. The maximum atomic E-state index is 12.2. The monoisotopic (exact) mass is 318 g/mol. The van der Waals surface area contributed by atoms with Gasteiger partial charge in [0.2, 0.25) is 0 Å². The Balaban J connectivity index is 1.61. The number of fused-ring (bicyclic) bond motifs is 1. The number of hydrogen-bond donors (Lipinski definition) is 3. The fourth-order valence-corrected chi connectivity index (χ4v) is 3.57. The molecule has 1 aromatic carbocycles. The van der Waals surface area contributed by atoms with E-state index in [9.17, 15) is 4.79 Å². The van der Waals surface area contributed by atoms with Crippen molar-refractivity contribution in [1.82, 2.24) is 10.3 Å². The van der Waals surface area contributed by atoms with Crippen LogP contribution in [0.3, 0.4) is 0 Å². The third kappa shape index (κ3) is 3.14. The molecule has 2 aromatic rings. The molecule has 1 aromatic heterocycles. The van der Waals surface area contributed by atoms with Gasteiger partial charge in [-0.15, -0.1) is 11.3 Å². The van der Waals surface area contributed by atoms with Crippen LogP contribution in [0.5, 0.6) is 5.75 Å². The molecule has 7 heteroatoms. The number of carbonyl (C=O) groups excluding carboxylic acids is 1. The standard InChI is InChI=1S/C15H18N4O2S/c1-21-12-5-3-2-4-10(12)19-15(20)17-9-6-7-11-13(8-9)22-14(16)18-11/h2-5,9H,6-8H2,1H3,(H2,16,18)(H2,17,19,20)/t9-/m0/s1. The summed E-state index contributed by atoms with van der Waals surface area (Å²) in [6, 6.07) is 7.20. The zero-order valence-electron chi connectivity index (χ0n) is 12.3. The number of nitrogens with zero attached hydrogens (tertiary/aromatic N) is 1. The SMILES string of the molecule is COc1ccccc1NC(=O)N[C@H]1CCc2nc(N)sc2C1. The van der Waals surface area contributed by atoms with Crippen LogP contribution in [0.4, 0.5) is 15.6 Å². The molecular weight excluding hydrogens is 300 g/mol. The van der Waals surface area contributed by atoms with Crippen LogP contribution in [-0.4, -0.2) is 24.2 Å². The molecule has 22 heavy (non-hydrogen) atoms. The number of methoxy groups -OCH3 is 1. The first-order valence-electron chi connectivity index (χ1n) is 7.10. The number of nitrogen functional groups attached to an aromatic ring is 1. The van der Waals surface area contributed by atoms with E-state index in [0.717, 1.165) is 25.0 Å². The van der Waals surface area contributed by atoms with Gasteiger partial charge in [0.1, 0.15) is 5.75 Å². The van der Waals surface area contributed by atoms with Crippen LogP contribution in [0.2, 0.25) is 0 Å². The van der Waals surface area contributed by atoms with E-state index < -0.39 is 0 Å². The number of urea groups is 1. The number of thiazole rings is 1. The molecule has 1 aliphatic carbocycles. The molecule has 0 unspecified atom stereocenters.